The number of benzene rings is 2. The molecule has 1 heterocycles. The predicted molar refractivity (Wildman–Crippen MR) is 98.1 cm³/mol. The summed E-state index contributed by atoms with van der Waals surface area (Å²) >= 11 is 9.12. The van der Waals surface area contributed by atoms with Gasteiger partial charge in [-0.05, 0) is 59.3 Å². The number of hydrogen-bond donors (Lipinski definition) is 3. The van der Waals surface area contributed by atoms with Crippen LogP contribution in [-0.2, 0) is 0 Å². The fraction of sp³-hybridized carbons (Fsp3) is 0.118. The molecule has 0 aliphatic carbocycles. The van der Waals surface area contributed by atoms with Gasteiger partial charge in [0.15, 0.2) is 0 Å². The maximum absolute atomic E-state index is 12.4. The highest BCUT2D eigenvalue weighted by molar-refractivity contribution is 9.10. The highest BCUT2D eigenvalue weighted by Gasteiger charge is 2.17. The van der Waals surface area contributed by atoms with Gasteiger partial charge in [-0.3, -0.25) is 4.79 Å². The van der Waals surface area contributed by atoms with Crippen molar-refractivity contribution >= 4 is 50.4 Å². The molecule has 2 aromatic carbocycles. The zero-order valence-corrected chi connectivity index (χ0v) is 15.4. The summed E-state index contributed by atoms with van der Waals surface area (Å²) in [6.45, 7) is 1.80. The van der Waals surface area contributed by atoms with E-state index in [1.807, 2.05) is 6.07 Å². The molecule has 1 amide bonds. The van der Waals surface area contributed by atoms with E-state index in [2.05, 4.69) is 31.2 Å². The largest absolute Gasteiger partial charge is 0.478 e. The number of aromatic nitrogens is 2. The summed E-state index contributed by atoms with van der Waals surface area (Å²) in [5.74, 6) is -0.788. The van der Waals surface area contributed by atoms with Crippen molar-refractivity contribution in [2.45, 2.75) is 13.0 Å². The number of amides is 1. The molecule has 1 atom stereocenters. The normalized spacial score (nSPS) is 12.1. The van der Waals surface area contributed by atoms with E-state index in [0.717, 1.165) is 11.0 Å². The number of H-pyrrole nitrogens is 1. The molecular weight excluding hydrogens is 410 g/mol. The predicted octanol–water partition coefficient (Wildman–Crippen LogP) is 4.17. The summed E-state index contributed by atoms with van der Waals surface area (Å²) in [6, 6.07) is 9.29. The molecule has 8 heteroatoms. The van der Waals surface area contributed by atoms with Gasteiger partial charge in [-0.15, -0.1) is 0 Å². The Bertz CT molecular complexity index is 986. The summed E-state index contributed by atoms with van der Waals surface area (Å²) in [5.41, 5.74) is 1.99. The van der Waals surface area contributed by atoms with Crippen LogP contribution in [0.2, 0.25) is 5.02 Å². The van der Waals surface area contributed by atoms with Crippen LogP contribution in [0.5, 0.6) is 0 Å². The van der Waals surface area contributed by atoms with E-state index in [1.165, 1.54) is 18.2 Å². The van der Waals surface area contributed by atoms with Gasteiger partial charge >= 0.3 is 5.97 Å². The molecule has 0 unspecified atom stereocenters. The Morgan fingerprint density at radius 1 is 1.28 bits per heavy atom. The van der Waals surface area contributed by atoms with Gasteiger partial charge in [0.1, 0.15) is 5.82 Å². The monoisotopic (exact) mass is 421 g/mol. The summed E-state index contributed by atoms with van der Waals surface area (Å²) in [6.07, 6.45) is 0. The van der Waals surface area contributed by atoms with Gasteiger partial charge in [-0.2, -0.15) is 0 Å². The molecule has 0 bridgehead atoms. The lowest BCUT2D eigenvalue weighted by molar-refractivity contribution is 0.0695. The molecule has 0 saturated heterocycles. The number of aromatic amines is 1. The molecule has 25 heavy (non-hydrogen) atoms. The minimum absolute atomic E-state index is 0.0961. The molecule has 0 spiro atoms. The maximum atomic E-state index is 12.4. The van der Waals surface area contributed by atoms with Gasteiger partial charge in [0.2, 0.25) is 0 Å². The van der Waals surface area contributed by atoms with Crippen LogP contribution >= 0.6 is 27.5 Å². The number of hydrogen-bond acceptors (Lipinski definition) is 3. The van der Waals surface area contributed by atoms with Crippen molar-refractivity contribution in [2.75, 3.05) is 0 Å². The van der Waals surface area contributed by atoms with Crippen LogP contribution in [0.1, 0.15) is 39.5 Å². The van der Waals surface area contributed by atoms with Crippen molar-refractivity contribution in [1.82, 2.24) is 15.3 Å². The van der Waals surface area contributed by atoms with Gasteiger partial charge in [0, 0.05) is 15.1 Å². The van der Waals surface area contributed by atoms with E-state index in [1.54, 1.807) is 19.1 Å². The number of aromatic carboxylic acids is 1. The number of carbonyl (C=O) groups excluding carboxylic acids is 1. The van der Waals surface area contributed by atoms with Gasteiger partial charge in [-0.25, -0.2) is 9.78 Å². The molecule has 0 aliphatic rings. The van der Waals surface area contributed by atoms with E-state index >= 15 is 0 Å². The first-order chi connectivity index (χ1) is 11.8. The third-order valence-electron chi connectivity index (χ3n) is 3.68. The van der Waals surface area contributed by atoms with Crippen molar-refractivity contribution in [1.29, 1.82) is 0 Å². The van der Waals surface area contributed by atoms with Crippen molar-refractivity contribution in [3.05, 3.63) is 62.8 Å². The van der Waals surface area contributed by atoms with Crippen LogP contribution in [0.3, 0.4) is 0 Å². The summed E-state index contributed by atoms with van der Waals surface area (Å²) < 4.78 is 0.346. The molecule has 0 fully saturated rings. The molecule has 3 N–H and O–H groups in total. The SMILES string of the molecule is C[C@H](NC(=O)c1ccc(C(=O)O)c(Br)c1)c1nc2cc(Cl)ccc2[nH]1. The fourth-order valence-electron chi connectivity index (χ4n) is 2.38. The molecule has 6 nitrogen and oxygen atoms in total. The highest BCUT2D eigenvalue weighted by atomic mass is 79.9. The van der Waals surface area contributed by atoms with Gasteiger partial charge < -0.3 is 15.4 Å². The molecular formula is C17H13BrClN3O3. The number of nitrogens with zero attached hydrogens (tertiary/aromatic N) is 1. The Labute approximate surface area is 156 Å². The van der Waals surface area contributed by atoms with Crippen molar-refractivity contribution in [3.63, 3.8) is 0 Å². The third kappa shape index (κ3) is 3.67. The van der Waals surface area contributed by atoms with Crippen LogP contribution in [0.4, 0.5) is 0 Å². The van der Waals surface area contributed by atoms with E-state index in [-0.39, 0.29) is 17.5 Å². The van der Waals surface area contributed by atoms with Crippen molar-refractivity contribution < 1.29 is 14.7 Å². The molecule has 1 aromatic heterocycles. The average molecular weight is 423 g/mol. The van der Waals surface area contributed by atoms with E-state index in [0.29, 0.717) is 20.9 Å². The standard InChI is InChI=1S/C17H13BrClN3O3/c1-8(15-21-13-5-3-10(19)7-14(13)22-15)20-16(23)9-2-4-11(17(24)25)12(18)6-9/h2-8H,1H3,(H,20,23)(H,21,22)(H,24,25)/t8-/m0/s1. The van der Waals surface area contributed by atoms with Gasteiger partial charge in [0.05, 0.1) is 22.6 Å². The van der Waals surface area contributed by atoms with Crippen LogP contribution < -0.4 is 5.32 Å². The Morgan fingerprint density at radius 2 is 2.04 bits per heavy atom. The molecule has 3 aromatic rings. The smallest absolute Gasteiger partial charge is 0.336 e. The molecule has 0 aliphatic heterocycles. The number of nitrogens with one attached hydrogen (secondary N) is 2. The zero-order valence-electron chi connectivity index (χ0n) is 13.0. The lowest BCUT2D eigenvalue weighted by Crippen LogP contribution is -2.27. The number of carboxylic acid groups (broad SMARTS) is 1. The Balaban J connectivity index is 1.79. The molecule has 0 saturated carbocycles. The third-order valence-corrected chi connectivity index (χ3v) is 4.57. The quantitative estimate of drug-likeness (QED) is 0.588. The van der Waals surface area contributed by atoms with Crippen molar-refractivity contribution in [2.24, 2.45) is 0 Å². The lowest BCUT2D eigenvalue weighted by atomic mass is 10.1. The lowest BCUT2D eigenvalue weighted by Gasteiger charge is -2.12. The Kier molecular flexibility index (Phi) is 4.78. The number of carboxylic acids is 1. The molecule has 3 rings (SSSR count). The molecule has 128 valence electrons. The first kappa shape index (κ1) is 17.4. The van der Waals surface area contributed by atoms with Gasteiger partial charge in [-0.1, -0.05) is 11.6 Å². The van der Waals surface area contributed by atoms with E-state index in [9.17, 15) is 9.59 Å². The zero-order chi connectivity index (χ0) is 18.1. The van der Waals surface area contributed by atoms with Crippen LogP contribution in [0.25, 0.3) is 11.0 Å². The number of carbonyl (C=O) groups is 2. The first-order valence-electron chi connectivity index (χ1n) is 7.34. The van der Waals surface area contributed by atoms with Crippen LogP contribution in [0.15, 0.2) is 40.9 Å². The second kappa shape index (κ2) is 6.85. The minimum atomic E-state index is -1.06. The van der Waals surface area contributed by atoms with Crippen molar-refractivity contribution in [3.8, 4) is 0 Å². The topological polar surface area (TPSA) is 95.1 Å². The van der Waals surface area contributed by atoms with E-state index < -0.39 is 5.97 Å². The number of halogens is 2. The van der Waals surface area contributed by atoms with Crippen LogP contribution in [-0.4, -0.2) is 27.0 Å². The second-order valence-electron chi connectivity index (χ2n) is 5.48. The summed E-state index contributed by atoms with van der Waals surface area (Å²) in [4.78, 5) is 31.0. The number of rotatable bonds is 4. The summed E-state index contributed by atoms with van der Waals surface area (Å²) in [5, 5.41) is 12.4. The maximum Gasteiger partial charge on any atom is 0.336 e. The fourth-order valence-corrected chi connectivity index (χ4v) is 3.10. The second-order valence-corrected chi connectivity index (χ2v) is 6.77. The Hall–Kier alpha value is -2.38. The van der Waals surface area contributed by atoms with E-state index in [4.69, 9.17) is 16.7 Å². The average Bonchev–Trinajstić information content (AvgIpc) is 2.97. The first-order valence-corrected chi connectivity index (χ1v) is 8.51. The highest BCUT2D eigenvalue weighted by Crippen LogP contribution is 2.21. The number of fused-ring (bicyclic) bond motifs is 1. The van der Waals surface area contributed by atoms with Gasteiger partial charge in [0.25, 0.3) is 5.91 Å². The molecule has 0 radical (unpaired) electrons. The minimum Gasteiger partial charge on any atom is -0.478 e. The van der Waals surface area contributed by atoms with Crippen LogP contribution in [0, 0.1) is 0 Å². The summed E-state index contributed by atoms with van der Waals surface area (Å²) in [7, 11) is 0. The number of imidazole rings is 1. The Morgan fingerprint density at radius 3 is 2.72 bits per heavy atom.